The predicted octanol–water partition coefficient (Wildman–Crippen LogP) is 2.09. The van der Waals surface area contributed by atoms with Crippen LogP contribution in [-0.4, -0.2) is 42.8 Å². The van der Waals surface area contributed by atoms with Crippen LogP contribution in [0.4, 0.5) is 9.18 Å². The lowest BCUT2D eigenvalue weighted by molar-refractivity contribution is 0.181. The number of ether oxygens (including phenoxy) is 1. The second kappa shape index (κ2) is 8.26. The molecule has 0 saturated heterocycles. The normalized spacial score (nSPS) is 11.6. The molecule has 0 fully saturated rings. The van der Waals surface area contributed by atoms with Crippen molar-refractivity contribution in [2.45, 2.75) is 13.0 Å². The van der Waals surface area contributed by atoms with Crippen LogP contribution in [0.1, 0.15) is 18.5 Å². The van der Waals surface area contributed by atoms with Gasteiger partial charge in [-0.2, -0.15) is 0 Å². The zero-order valence-electron chi connectivity index (χ0n) is 12.3. The molecule has 0 radical (unpaired) electrons. The van der Waals surface area contributed by atoms with Gasteiger partial charge in [0.05, 0.1) is 19.8 Å². The topological polar surface area (TPSA) is 61.8 Å². The Balaban J connectivity index is 2.74. The first-order valence-electron chi connectivity index (χ1n) is 6.64. The van der Waals surface area contributed by atoms with Gasteiger partial charge >= 0.3 is 6.03 Å². The molecule has 6 heteroatoms. The average molecular weight is 296 g/mol. The highest BCUT2D eigenvalue weighted by molar-refractivity contribution is 5.74. The van der Waals surface area contributed by atoms with E-state index in [2.05, 4.69) is 11.9 Å². The van der Waals surface area contributed by atoms with Gasteiger partial charge in [-0.05, 0) is 24.6 Å². The maximum absolute atomic E-state index is 13.7. The third-order valence-corrected chi connectivity index (χ3v) is 3.02. The molecule has 0 spiro atoms. The Morgan fingerprint density at radius 3 is 2.86 bits per heavy atom. The molecule has 0 aromatic heterocycles. The van der Waals surface area contributed by atoms with E-state index in [9.17, 15) is 9.18 Å². The molecule has 5 nitrogen and oxygen atoms in total. The van der Waals surface area contributed by atoms with Gasteiger partial charge in [0, 0.05) is 13.1 Å². The first-order chi connectivity index (χ1) is 10.0. The minimum atomic E-state index is -0.477. The Labute approximate surface area is 124 Å². The van der Waals surface area contributed by atoms with Gasteiger partial charge in [0.1, 0.15) is 0 Å². The number of urea groups is 1. The molecule has 1 aromatic carbocycles. The number of aliphatic hydroxyl groups is 1. The number of hydrogen-bond acceptors (Lipinski definition) is 3. The van der Waals surface area contributed by atoms with Crippen molar-refractivity contribution in [2.24, 2.45) is 0 Å². The fourth-order valence-electron chi connectivity index (χ4n) is 1.86. The zero-order chi connectivity index (χ0) is 15.8. The molecule has 1 unspecified atom stereocenters. The molecule has 0 aliphatic heterocycles. The van der Waals surface area contributed by atoms with Gasteiger partial charge in [0.2, 0.25) is 0 Å². The number of halogens is 1. The van der Waals surface area contributed by atoms with Crippen LogP contribution in [0.2, 0.25) is 0 Å². The number of methoxy groups -OCH3 is 1. The molecular weight excluding hydrogens is 275 g/mol. The summed E-state index contributed by atoms with van der Waals surface area (Å²) in [6, 6.07) is 3.82. The molecule has 1 atom stereocenters. The molecule has 1 aromatic rings. The molecule has 0 heterocycles. The highest BCUT2D eigenvalue weighted by Gasteiger charge is 2.16. The van der Waals surface area contributed by atoms with Crippen LogP contribution in [0.15, 0.2) is 30.9 Å². The van der Waals surface area contributed by atoms with E-state index >= 15 is 0 Å². The Morgan fingerprint density at radius 2 is 2.33 bits per heavy atom. The van der Waals surface area contributed by atoms with E-state index in [-0.39, 0.29) is 31.0 Å². The summed E-state index contributed by atoms with van der Waals surface area (Å²) in [5, 5.41) is 11.7. The Bertz CT molecular complexity index is 494. The van der Waals surface area contributed by atoms with E-state index in [1.54, 1.807) is 19.1 Å². The number of aliphatic hydroxyl groups excluding tert-OH is 1. The number of nitrogens with zero attached hydrogens (tertiary/aromatic N) is 1. The van der Waals surface area contributed by atoms with Gasteiger partial charge in [-0.1, -0.05) is 12.1 Å². The van der Waals surface area contributed by atoms with Crippen LogP contribution >= 0.6 is 0 Å². The van der Waals surface area contributed by atoms with Crippen LogP contribution in [0.3, 0.4) is 0 Å². The second-order valence-corrected chi connectivity index (χ2v) is 4.52. The van der Waals surface area contributed by atoms with Gasteiger partial charge < -0.3 is 20.1 Å². The number of carbonyl (C=O) groups excluding carboxylic acids is 1. The molecule has 2 N–H and O–H groups in total. The summed E-state index contributed by atoms with van der Waals surface area (Å²) < 4.78 is 18.5. The third kappa shape index (κ3) is 4.75. The molecule has 116 valence electrons. The lowest BCUT2D eigenvalue weighted by Gasteiger charge is -2.23. The van der Waals surface area contributed by atoms with Crippen molar-refractivity contribution in [1.29, 1.82) is 0 Å². The smallest absolute Gasteiger partial charge is 0.318 e. The van der Waals surface area contributed by atoms with Gasteiger partial charge in [-0.25, -0.2) is 9.18 Å². The largest absolute Gasteiger partial charge is 0.494 e. The highest BCUT2D eigenvalue weighted by Crippen LogP contribution is 2.21. The summed E-state index contributed by atoms with van der Waals surface area (Å²) in [4.78, 5) is 13.5. The fraction of sp³-hybridized carbons (Fsp3) is 0.400. The van der Waals surface area contributed by atoms with Crippen LogP contribution in [-0.2, 0) is 0 Å². The Morgan fingerprint density at radius 1 is 1.62 bits per heavy atom. The van der Waals surface area contributed by atoms with Crippen LogP contribution in [0.25, 0.3) is 0 Å². The Hall–Kier alpha value is -2.08. The van der Waals surface area contributed by atoms with Crippen LogP contribution in [0, 0.1) is 5.82 Å². The minimum absolute atomic E-state index is 0.132. The number of benzene rings is 1. The van der Waals surface area contributed by atoms with E-state index in [0.717, 1.165) is 0 Å². The number of carbonyl (C=O) groups is 1. The van der Waals surface area contributed by atoms with E-state index in [1.807, 2.05) is 0 Å². The molecule has 0 saturated carbocycles. The molecular formula is C15H21FN2O3. The highest BCUT2D eigenvalue weighted by atomic mass is 19.1. The lowest BCUT2D eigenvalue weighted by atomic mass is 10.1. The van der Waals surface area contributed by atoms with E-state index in [0.29, 0.717) is 12.1 Å². The summed E-state index contributed by atoms with van der Waals surface area (Å²) in [6.07, 6.45) is 1.58. The standard InChI is InChI=1S/C15H21FN2O3/c1-4-7-18(8-9-19)15(20)17-11(2)12-5-6-14(21-3)13(16)10-12/h4-6,10-11,19H,1,7-9H2,2-3H3,(H,17,20). The van der Waals surface area contributed by atoms with Crippen molar-refractivity contribution in [3.8, 4) is 5.75 Å². The van der Waals surface area contributed by atoms with Gasteiger partial charge in [0.15, 0.2) is 11.6 Å². The molecule has 0 aliphatic rings. The van der Waals surface area contributed by atoms with Crippen molar-refractivity contribution in [2.75, 3.05) is 26.8 Å². The Kier molecular flexibility index (Phi) is 6.68. The molecule has 0 aliphatic carbocycles. The number of nitrogens with one attached hydrogen (secondary N) is 1. The van der Waals surface area contributed by atoms with Crippen molar-refractivity contribution in [3.05, 3.63) is 42.2 Å². The zero-order valence-corrected chi connectivity index (χ0v) is 12.3. The molecule has 0 bridgehead atoms. The SMILES string of the molecule is C=CCN(CCO)C(=O)NC(C)c1ccc(OC)c(F)c1. The van der Waals surface area contributed by atoms with Gasteiger partial charge in [0.25, 0.3) is 0 Å². The molecule has 21 heavy (non-hydrogen) atoms. The van der Waals surface area contributed by atoms with E-state index in [1.165, 1.54) is 24.1 Å². The minimum Gasteiger partial charge on any atom is -0.494 e. The maximum Gasteiger partial charge on any atom is 0.318 e. The summed E-state index contributed by atoms with van der Waals surface area (Å²) in [6.45, 7) is 5.73. The van der Waals surface area contributed by atoms with Crippen LogP contribution < -0.4 is 10.1 Å². The number of amides is 2. The van der Waals surface area contributed by atoms with Crippen LogP contribution in [0.5, 0.6) is 5.75 Å². The molecule has 2 amide bonds. The first-order valence-corrected chi connectivity index (χ1v) is 6.64. The lowest BCUT2D eigenvalue weighted by Crippen LogP contribution is -2.42. The van der Waals surface area contributed by atoms with Crippen molar-refractivity contribution in [1.82, 2.24) is 10.2 Å². The van der Waals surface area contributed by atoms with Gasteiger partial charge in [-0.15, -0.1) is 6.58 Å². The maximum atomic E-state index is 13.7. The van der Waals surface area contributed by atoms with E-state index < -0.39 is 5.82 Å². The van der Waals surface area contributed by atoms with Crippen molar-refractivity contribution in [3.63, 3.8) is 0 Å². The fourth-order valence-corrected chi connectivity index (χ4v) is 1.86. The summed E-state index contributed by atoms with van der Waals surface area (Å²) in [7, 11) is 1.39. The third-order valence-electron chi connectivity index (χ3n) is 3.02. The molecule has 1 rings (SSSR count). The average Bonchev–Trinajstić information content (AvgIpc) is 2.46. The van der Waals surface area contributed by atoms with E-state index in [4.69, 9.17) is 9.84 Å². The summed E-state index contributed by atoms with van der Waals surface area (Å²) in [5.74, 6) is -0.319. The second-order valence-electron chi connectivity index (χ2n) is 4.52. The quantitative estimate of drug-likeness (QED) is 0.757. The van der Waals surface area contributed by atoms with Gasteiger partial charge in [-0.3, -0.25) is 0 Å². The first kappa shape index (κ1) is 17.0. The van der Waals surface area contributed by atoms with Crippen molar-refractivity contribution < 1.29 is 19.0 Å². The van der Waals surface area contributed by atoms with Crippen molar-refractivity contribution >= 4 is 6.03 Å². The number of hydrogen-bond donors (Lipinski definition) is 2. The number of rotatable bonds is 7. The monoisotopic (exact) mass is 296 g/mol. The summed E-state index contributed by atoms with van der Waals surface area (Å²) >= 11 is 0. The summed E-state index contributed by atoms with van der Waals surface area (Å²) in [5.41, 5.74) is 0.629. The predicted molar refractivity (Wildman–Crippen MR) is 78.8 cm³/mol.